The van der Waals surface area contributed by atoms with Crippen molar-refractivity contribution in [1.29, 1.82) is 0 Å². The van der Waals surface area contributed by atoms with Crippen LogP contribution in [-0.2, 0) is 0 Å². The van der Waals surface area contributed by atoms with Crippen molar-refractivity contribution >= 4 is 29.2 Å². The van der Waals surface area contributed by atoms with Gasteiger partial charge in [0.2, 0.25) is 0 Å². The fourth-order valence-electron chi connectivity index (χ4n) is 1.99. The van der Waals surface area contributed by atoms with E-state index < -0.39 is 0 Å². The third-order valence-electron chi connectivity index (χ3n) is 3.06. The van der Waals surface area contributed by atoms with Crippen LogP contribution in [0.15, 0.2) is 47.6 Å². The number of hydrogen-bond donors (Lipinski definition) is 2. The highest BCUT2D eigenvalue weighted by molar-refractivity contribution is 7.80. The molecular formula is C17H19N3O2S. The van der Waals surface area contributed by atoms with E-state index in [1.54, 1.807) is 32.6 Å². The van der Waals surface area contributed by atoms with Gasteiger partial charge < -0.3 is 14.8 Å². The van der Waals surface area contributed by atoms with Crippen LogP contribution < -0.4 is 20.2 Å². The Hall–Kier alpha value is -2.60. The van der Waals surface area contributed by atoms with Crippen molar-refractivity contribution in [3.8, 4) is 11.5 Å². The summed E-state index contributed by atoms with van der Waals surface area (Å²) in [4.78, 5) is 0. The Balaban J connectivity index is 1.94. The molecule has 23 heavy (non-hydrogen) atoms. The lowest BCUT2D eigenvalue weighted by Gasteiger charge is -2.11. The average Bonchev–Trinajstić information content (AvgIpc) is 2.54. The van der Waals surface area contributed by atoms with Crippen LogP contribution in [0.4, 0.5) is 5.69 Å². The van der Waals surface area contributed by atoms with Gasteiger partial charge in [0.15, 0.2) is 16.6 Å². The van der Waals surface area contributed by atoms with Crippen LogP contribution in [0.2, 0.25) is 0 Å². The fraction of sp³-hybridized carbons (Fsp3) is 0.176. The quantitative estimate of drug-likeness (QED) is 0.501. The Morgan fingerprint density at radius 2 is 1.87 bits per heavy atom. The van der Waals surface area contributed by atoms with Crippen molar-refractivity contribution in [2.45, 2.75) is 6.92 Å². The summed E-state index contributed by atoms with van der Waals surface area (Å²) < 4.78 is 10.4. The minimum Gasteiger partial charge on any atom is -0.493 e. The van der Waals surface area contributed by atoms with Crippen LogP contribution in [0.1, 0.15) is 11.1 Å². The molecule has 0 spiro atoms. The highest BCUT2D eigenvalue weighted by atomic mass is 32.1. The molecule has 0 saturated carbocycles. The van der Waals surface area contributed by atoms with E-state index in [1.807, 2.05) is 37.3 Å². The summed E-state index contributed by atoms with van der Waals surface area (Å²) >= 11 is 5.21. The van der Waals surface area contributed by atoms with E-state index >= 15 is 0 Å². The van der Waals surface area contributed by atoms with Gasteiger partial charge in [0.25, 0.3) is 0 Å². The van der Waals surface area contributed by atoms with Gasteiger partial charge in [-0.1, -0.05) is 29.8 Å². The number of hydrogen-bond acceptors (Lipinski definition) is 4. The molecule has 0 saturated heterocycles. The summed E-state index contributed by atoms with van der Waals surface area (Å²) in [6.45, 7) is 2.04. The van der Waals surface area contributed by atoms with E-state index in [2.05, 4.69) is 15.8 Å². The third kappa shape index (κ3) is 4.96. The molecule has 2 N–H and O–H groups in total. The molecule has 0 radical (unpaired) electrons. The summed E-state index contributed by atoms with van der Waals surface area (Å²) in [6.07, 6.45) is 1.72. The van der Waals surface area contributed by atoms with Gasteiger partial charge in [0.1, 0.15) is 0 Å². The van der Waals surface area contributed by atoms with Gasteiger partial charge in [-0.2, -0.15) is 5.10 Å². The first kappa shape index (κ1) is 16.8. The van der Waals surface area contributed by atoms with Gasteiger partial charge in [-0.15, -0.1) is 0 Å². The van der Waals surface area contributed by atoms with Crippen LogP contribution >= 0.6 is 12.2 Å². The zero-order valence-corrected chi connectivity index (χ0v) is 14.1. The van der Waals surface area contributed by atoms with Crippen LogP contribution in [0.3, 0.4) is 0 Å². The summed E-state index contributed by atoms with van der Waals surface area (Å²) in [6, 6.07) is 13.5. The number of hydrazone groups is 1. The van der Waals surface area contributed by atoms with E-state index in [0.717, 1.165) is 11.3 Å². The van der Waals surface area contributed by atoms with Crippen LogP contribution in [0.25, 0.3) is 0 Å². The van der Waals surface area contributed by atoms with Gasteiger partial charge in [0.05, 0.1) is 20.4 Å². The normalized spacial score (nSPS) is 10.4. The number of rotatable bonds is 5. The number of benzene rings is 2. The highest BCUT2D eigenvalue weighted by Crippen LogP contribution is 2.29. The second kappa shape index (κ2) is 8.14. The number of nitrogens with zero attached hydrogens (tertiary/aromatic N) is 1. The van der Waals surface area contributed by atoms with E-state index in [-0.39, 0.29) is 0 Å². The van der Waals surface area contributed by atoms with Crippen molar-refractivity contribution in [2.24, 2.45) is 5.10 Å². The zero-order chi connectivity index (χ0) is 16.7. The second-order valence-electron chi connectivity index (χ2n) is 4.81. The Labute approximate surface area is 141 Å². The van der Waals surface area contributed by atoms with E-state index in [1.165, 1.54) is 5.56 Å². The van der Waals surface area contributed by atoms with E-state index in [0.29, 0.717) is 16.6 Å². The maximum atomic E-state index is 5.25. The minimum absolute atomic E-state index is 0.390. The first-order chi connectivity index (χ1) is 11.1. The molecule has 0 aromatic heterocycles. The Kier molecular flexibility index (Phi) is 5.94. The van der Waals surface area contributed by atoms with Gasteiger partial charge in [-0.3, -0.25) is 5.43 Å². The molecule has 120 valence electrons. The number of anilines is 1. The molecule has 0 bridgehead atoms. The average molecular weight is 329 g/mol. The molecular weight excluding hydrogens is 310 g/mol. The molecule has 2 rings (SSSR count). The lowest BCUT2D eigenvalue weighted by atomic mass is 10.2. The van der Waals surface area contributed by atoms with Crippen molar-refractivity contribution < 1.29 is 9.47 Å². The first-order valence-corrected chi connectivity index (χ1v) is 7.42. The smallest absolute Gasteiger partial charge is 0.191 e. The lowest BCUT2D eigenvalue weighted by molar-refractivity contribution is 0.355. The molecule has 2 aromatic carbocycles. The standard InChI is InChI=1S/C17H19N3O2S/c1-12-5-4-6-13(9-12)11-18-20-17(23)19-14-7-8-15(21-2)16(10-14)22-3/h4-11H,1-3H3,(H2,19,20,23). The second-order valence-corrected chi connectivity index (χ2v) is 5.22. The predicted octanol–water partition coefficient (Wildman–Crippen LogP) is 3.33. The van der Waals surface area contributed by atoms with E-state index in [4.69, 9.17) is 21.7 Å². The Morgan fingerprint density at radius 3 is 2.57 bits per heavy atom. The number of ether oxygens (including phenoxy) is 2. The fourth-order valence-corrected chi connectivity index (χ4v) is 2.16. The van der Waals surface area contributed by atoms with E-state index in [9.17, 15) is 0 Å². The third-order valence-corrected chi connectivity index (χ3v) is 3.26. The van der Waals surface area contributed by atoms with Gasteiger partial charge in [0, 0.05) is 11.8 Å². The molecule has 0 heterocycles. The van der Waals surface area contributed by atoms with Crippen LogP contribution in [0, 0.1) is 6.92 Å². The van der Waals surface area contributed by atoms with Crippen molar-refractivity contribution in [2.75, 3.05) is 19.5 Å². The minimum atomic E-state index is 0.390. The number of nitrogens with one attached hydrogen (secondary N) is 2. The zero-order valence-electron chi connectivity index (χ0n) is 13.3. The Morgan fingerprint density at radius 1 is 1.09 bits per heavy atom. The molecule has 0 aliphatic heterocycles. The SMILES string of the molecule is COc1ccc(NC(=S)NN=Cc2cccc(C)c2)cc1OC. The van der Waals surface area contributed by atoms with Crippen molar-refractivity contribution in [3.63, 3.8) is 0 Å². The largest absolute Gasteiger partial charge is 0.493 e. The van der Waals surface area contributed by atoms with Crippen molar-refractivity contribution in [1.82, 2.24) is 5.43 Å². The Bertz CT molecular complexity index is 717. The first-order valence-electron chi connectivity index (χ1n) is 7.01. The van der Waals surface area contributed by atoms with Gasteiger partial charge in [-0.25, -0.2) is 0 Å². The molecule has 0 unspecified atom stereocenters. The topological polar surface area (TPSA) is 54.9 Å². The van der Waals surface area contributed by atoms with Gasteiger partial charge in [-0.05, 0) is 36.8 Å². The summed E-state index contributed by atoms with van der Waals surface area (Å²) in [7, 11) is 3.18. The molecule has 5 nitrogen and oxygen atoms in total. The number of aryl methyl sites for hydroxylation is 1. The number of thiocarbonyl (C=S) groups is 1. The summed E-state index contributed by atoms with van der Waals surface area (Å²) in [5.74, 6) is 1.29. The molecule has 6 heteroatoms. The van der Waals surface area contributed by atoms with Gasteiger partial charge >= 0.3 is 0 Å². The molecule has 0 fully saturated rings. The lowest BCUT2D eigenvalue weighted by Crippen LogP contribution is -2.23. The predicted molar refractivity (Wildman–Crippen MR) is 97.7 cm³/mol. The van der Waals surface area contributed by atoms with Crippen LogP contribution in [-0.4, -0.2) is 25.5 Å². The molecule has 0 atom stereocenters. The summed E-state index contributed by atoms with van der Waals surface area (Å²) in [5, 5.41) is 7.55. The van der Waals surface area contributed by atoms with Crippen LogP contribution in [0.5, 0.6) is 11.5 Å². The molecule has 0 aliphatic rings. The monoisotopic (exact) mass is 329 g/mol. The molecule has 2 aromatic rings. The maximum Gasteiger partial charge on any atom is 0.191 e. The summed E-state index contributed by atoms with van der Waals surface area (Å²) in [5.41, 5.74) is 5.75. The maximum absolute atomic E-state index is 5.25. The highest BCUT2D eigenvalue weighted by Gasteiger charge is 2.05. The van der Waals surface area contributed by atoms with Crippen molar-refractivity contribution in [3.05, 3.63) is 53.6 Å². The molecule has 0 amide bonds. The molecule has 0 aliphatic carbocycles. The number of methoxy groups -OCH3 is 2.